The van der Waals surface area contributed by atoms with Gasteiger partial charge in [0.2, 0.25) is 0 Å². The number of nitrogens with one attached hydrogen (secondary N) is 2. The minimum absolute atomic E-state index is 0.345. The number of anilines is 2. The second kappa shape index (κ2) is 5.99. The fourth-order valence-corrected chi connectivity index (χ4v) is 5.05. The van der Waals surface area contributed by atoms with Crippen LogP contribution in [-0.4, -0.2) is 11.3 Å². The van der Waals surface area contributed by atoms with Crippen molar-refractivity contribution in [2.75, 3.05) is 10.6 Å². The third-order valence-corrected chi connectivity index (χ3v) is 5.75. The molecule has 1 unspecified atom stereocenters. The first-order valence-electron chi connectivity index (χ1n) is 6.79. The van der Waals surface area contributed by atoms with Gasteiger partial charge in [-0.3, -0.25) is 0 Å². The van der Waals surface area contributed by atoms with E-state index in [4.69, 9.17) is 5.73 Å². The van der Waals surface area contributed by atoms with Crippen LogP contribution in [0.25, 0.3) is 0 Å². The summed E-state index contributed by atoms with van der Waals surface area (Å²) in [6.07, 6.45) is 1.11. The number of hydrogen-bond acceptors (Lipinski definition) is 4. The lowest BCUT2D eigenvalue weighted by atomic mass is 10.0. The van der Waals surface area contributed by atoms with Gasteiger partial charge in [0.15, 0.2) is 0 Å². The fourth-order valence-electron chi connectivity index (χ4n) is 2.48. The van der Waals surface area contributed by atoms with Gasteiger partial charge in [-0.15, -0.1) is 23.1 Å². The summed E-state index contributed by atoms with van der Waals surface area (Å²) in [5.74, 6) is 0. The molecule has 4 N–H and O–H groups in total. The lowest BCUT2D eigenvalue weighted by molar-refractivity contribution is 0.259. The number of hydrogen-bond donors (Lipinski definition) is 3. The molecule has 21 heavy (non-hydrogen) atoms. The molecule has 0 aliphatic carbocycles. The zero-order valence-corrected chi connectivity index (χ0v) is 13.3. The number of thiophene rings is 1. The standard InChI is InChI=1S/C15H17N3OS2/c1-9-8-13(12-6-7-20-14(12)21-9)17-10-2-4-11(5-3-10)18-15(16)19/h2-7,9,13,17H,8H2,1H3,(H3,16,18,19)/t9-,13?/m0/s1. The molecule has 3 rings (SSSR count). The fraction of sp³-hybridized carbons (Fsp3) is 0.267. The molecule has 0 spiro atoms. The van der Waals surface area contributed by atoms with Crippen molar-refractivity contribution >= 4 is 40.5 Å². The summed E-state index contributed by atoms with van der Waals surface area (Å²) in [6.45, 7) is 2.27. The quantitative estimate of drug-likeness (QED) is 0.791. The van der Waals surface area contributed by atoms with E-state index in [1.165, 1.54) is 9.77 Å². The SMILES string of the molecule is C[C@H]1CC(Nc2ccc(NC(N)=O)cc2)c2ccsc2S1. The highest BCUT2D eigenvalue weighted by Crippen LogP contribution is 2.44. The van der Waals surface area contributed by atoms with E-state index < -0.39 is 6.03 Å². The van der Waals surface area contributed by atoms with Crippen LogP contribution in [0.2, 0.25) is 0 Å². The Labute approximate surface area is 132 Å². The Morgan fingerprint density at radius 1 is 1.24 bits per heavy atom. The molecule has 0 saturated heterocycles. The maximum absolute atomic E-state index is 10.8. The molecule has 0 fully saturated rings. The highest BCUT2D eigenvalue weighted by molar-refractivity contribution is 8.01. The summed E-state index contributed by atoms with van der Waals surface area (Å²) in [5, 5.41) is 8.92. The third-order valence-electron chi connectivity index (χ3n) is 3.40. The van der Waals surface area contributed by atoms with E-state index in [-0.39, 0.29) is 0 Å². The Kier molecular flexibility index (Phi) is 4.07. The van der Waals surface area contributed by atoms with Gasteiger partial charge in [0.05, 0.1) is 10.3 Å². The number of carbonyl (C=O) groups is 1. The number of urea groups is 1. The zero-order chi connectivity index (χ0) is 14.8. The summed E-state index contributed by atoms with van der Waals surface area (Å²) < 4.78 is 1.42. The van der Waals surface area contributed by atoms with Gasteiger partial charge in [0.25, 0.3) is 0 Å². The van der Waals surface area contributed by atoms with E-state index in [2.05, 4.69) is 29.0 Å². The van der Waals surface area contributed by atoms with E-state index in [1.807, 2.05) is 47.4 Å². The smallest absolute Gasteiger partial charge is 0.316 e. The van der Waals surface area contributed by atoms with Crippen LogP contribution in [0, 0.1) is 0 Å². The maximum Gasteiger partial charge on any atom is 0.316 e. The molecule has 0 saturated carbocycles. The maximum atomic E-state index is 10.8. The number of rotatable bonds is 3. The monoisotopic (exact) mass is 319 g/mol. The van der Waals surface area contributed by atoms with Crippen LogP contribution in [0.4, 0.5) is 16.2 Å². The number of benzene rings is 1. The van der Waals surface area contributed by atoms with Crippen molar-refractivity contribution in [3.63, 3.8) is 0 Å². The van der Waals surface area contributed by atoms with Crippen molar-refractivity contribution in [2.45, 2.75) is 28.8 Å². The molecule has 4 nitrogen and oxygen atoms in total. The van der Waals surface area contributed by atoms with Crippen LogP contribution in [0.5, 0.6) is 0 Å². The van der Waals surface area contributed by atoms with Crippen LogP contribution in [0.1, 0.15) is 24.9 Å². The van der Waals surface area contributed by atoms with Gasteiger partial charge in [-0.2, -0.15) is 0 Å². The van der Waals surface area contributed by atoms with Crippen molar-refractivity contribution in [3.8, 4) is 0 Å². The largest absolute Gasteiger partial charge is 0.378 e. The molecule has 1 aromatic heterocycles. The Morgan fingerprint density at radius 2 is 1.95 bits per heavy atom. The number of thioether (sulfide) groups is 1. The average molecular weight is 319 g/mol. The van der Waals surface area contributed by atoms with Crippen LogP contribution < -0.4 is 16.4 Å². The van der Waals surface area contributed by atoms with Crippen molar-refractivity contribution in [2.24, 2.45) is 5.73 Å². The molecular formula is C15H17N3OS2. The normalized spacial score (nSPS) is 20.6. The van der Waals surface area contributed by atoms with Crippen molar-refractivity contribution in [1.29, 1.82) is 0 Å². The molecule has 2 amide bonds. The molecule has 6 heteroatoms. The van der Waals surface area contributed by atoms with E-state index in [1.54, 1.807) is 0 Å². The number of primary amides is 1. The number of nitrogens with two attached hydrogens (primary N) is 1. The Bertz CT molecular complexity index is 639. The molecule has 110 valence electrons. The molecule has 1 aliphatic heterocycles. The first-order chi connectivity index (χ1) is 10.1. The lowest BCUT2D eigenvalue weighted by Gasteiger charge is -2.28. The molecule has 2 atom stereocenters. The van der Waals surface area contributed by atoms with Crippen LogP contribution >= 0.6 is 23.1 Å². The van der Waals surface area contributed by atoms with Crippen molar-refractivity contribution in [1.82, 2.24) is 0 Å². The molecule has 0 radical (unpaired) electrons. The van der Waals surface area contributed by atoms with Gasteiger partial charge < -0.3 is 16.4 Å². The Hall–Kier alpha value is -1.66. The van der Waals surface area contributed by atoms with Gasteiger partial charge in [0, 0.05) is 16.6 Å². The summed E-state index contributed by atoms with van der Waals surface area (Å²) in [7, 11) is 0. The van der Waals surface area contributed by atoms with Crippen LogP contribution in [-0.2, 0) is 0 Å². The summed E-state index contributed by atoms with van der Waals surface area (Å²) in [4.78, 5) is 10.8. The Morgan fingerprint density at radius 3 is 2.67 bits per heavy atom. The first kappa shape index (κ1) is 14.3. The van der Waals surface area contributed by atoms with Crippen molar-refractivity contribution < 1.29 is 4.79 Å². The second-order valence-electron chi connectivity index (χ2n) is 5.09. The number of amides is 2. The van der Waals surface area contributed by atoms with E-state index in [9.17, 15) is 4.79 Å². The molecule has 0 bridgehead atoms. The molecule has 1 aliphatic rings. The second-order valence-corrected chi connectivity index (χ2v) is 7.71. The summed E-state index contributed by atoms with van der Waals surface area (Å²) >= 11 is 3.77. The first-order valence-corrected chi connectivity index (χ1v) is 8.55. The van der Waals surface area contributed by atoms with Gasteiger partial charge in [-0.05, 0) is 47.7 Å². The third kappa shape index (κ3) is 3.33. The van der Waals surface area contributed by atoms with Gasteiger partial charge in [0.1, 0.15) is 0 Å². The van der Waals surface area contributed by atoms with Gasteiger partial charge in [-0.25, -0.2) is 4.79 Å². The predicted molar refractivity (Wildman–Crippen MR) is 90.3 cm³/mol. The predicted octanol–water partition coefficient (Wildman–Crippen LogP) is 4.28. The van der Waals surface area contributed by atoms with Crippen LogP contribution in [0.15, 0.2) is 39.9 Å². The minimum Gasteiger partial charge on any atom is -0.378 e. The van der Waals surface area contributed by atoms with E-state index in [0.29, 0.717) is 17.0 Å². The number of carbonyl (C=O) groups excluding carboxylic acids is 1. The topological polar surface area (TPSA) is 67.2 Å². The van der Waals surface area contributed by atoms with Crippen molar-refractivity contribution in [3.05, 3.63) is 41.3 Å². The summed E-state index contributed by atoms with van der Waals surface area (Å²) in [6, 6.07) is 9.63. The zero-order valence-electron chi connectivity index (χ0n) is 11.6. The lowest BCUT2D eigenvalue weighted by Crippen LogP contribution is -2.20. The highest BCUT2D eigenvalue weighted by Gasteiger charge is 2.26. The van der Waals surface area contributed by atoms with Crippen LogP contribution in [0.3, 0.4) is 0 Å². The van der Waals surface area contributed by atoms with Gasteiger partial charge in [-0.1, -0.05) is 6.92 Å². The van der Waals surface area contributed by atoms with E-state index in [0.717, 1.165) is 12.1 Å². The molecule has 2 heterocycles. The summed E-state index contributed by atoms with van der Waals surface area (Å²) in [5.41, 5.74) is 8.25. The highest BCUT2D eigenvalue weighted by atomic mass is 32.2. The molecular weight excluding hydrogens is 302 g/mol. The molecule has 2 aromatic rings. The average Bonchev–Trinajstić information content (AvgIpc) is 2.88. The Balaban J connectivity index is 1.74. The van der Waals surface area contributed by atoms with Gasteiger partial charge >= 0.3 is 6.03 Å². The minimum atomic E-state index is -0.545. The molecule has 1 aromatic carbocycles. The van der Waals surface area contributed by atoms with E-state index >= 15 is 0 Å². The number of fused-ring (bicyclic) bond motifs is 1.